The first-order chi connectivity index (χ1) is 15.1. The van der Waals surface area contributed by atoms with Crippen LogP contribution >= 0.6 is 0 Å². The Morgan fingerprint density at radius 1 is 0.781 bits per heavy atom. The zero-order valence-electron chi connectivity index (χ0n) is 22.0. The van der Waals surface area contributed by atoms with Gasteiger partial charge >= 0.3 is 5.97 Å². The standard InChI is InChI=1S/C27H53NO4/c1-6-7-19-24(2)20-17-15-13-11-9-8-10-12-14-16-18-21-27(31)32-25(22-26(29)30)23-28(3,4)5/h24-25H,6-23H2,1-5H3. The minimum Gasteiger partial charge on any atom is -0.550 e. The maximum Gasteiger partial charge on any atom is 0.306 e. The molecule has 190 valence electrons. The number of ether oxygens (including phenoxy) is 1. The number of nitrogens with zero attached hydrogens (tertiary/aromatic N) is 1. The van der Waals surface area contributed by atoms with Crippen LogP contribution in [-0.2, 0) is 14.3 Å². The highest BCUT2D eigenvalue weighted by atomic mass is 16.5. The summed E-state index contributed by atoms with van der Waals surface area (Å²) in [6.07, 6.45) is 18.8. The smallest absolute Gasteiger partial charge is 0.306 e. The van der Waals surface area contributed by atoms with Crippen molar-refractivity contribution in [3.05, 3.63) is 0 Å². The molecular weight excluding hydrogens is 402 g/mol. The number of carbonyl (C=O) groups is 2. The van der Waals surface area contributed by atoms with Crippen molar-refractivity contribution in [2.24, 2.45) is 5.92 Å². The van der Waals surface area contributed by atoms with Crippen LogP contribution in [0.4, 0.5) is 0 Å². The highest BCUT2D eigenvalue weighted by Crippen LogP contribution is 2.17. The van der Waals surface area contributed by atoms with E-state index in [2.05, 4.69) is 13.8 Å². The van der Waals surface area contributed by atoms with E-state index < -0.39 is 12.1 Å². The fourth-order valence-corrected chi connectivity index (χ4v) is 4.24. The molecular formula is C27H53NO4. The minimum atomic E-state index is -1.17. The van der Waals surface area contributed by atoms with Gasteiger partial charge in [-0.05, 0) is 12.3 Å². The van der Waals surface area contributed by atoms with E-state index in [0.717, 1.165) is 25.2 Å². The molecule has 2 atom stereocenters. The second-order valence-electron chi connectivity index (χ2n) is 10.8. The van der Waals surface area contributed by atoms with Crippen LogP contribution in [0, 0.1) is 5.92 Å². The van der Waals surface area contributed by atoms with Gasteiger partial charge < -0.3 is 19.1 Å². The summed E-state index contributed by atoms with van der Waals surface area (Å²) in [5, 5.41) is 10.9. The molecule has 0 spiro atoms. The Bertz CT molecular complexity index is 473. The maximum atomic E-state index is 12.0. The van der Waals surface area contributed by atoms with E-state index in [9.17, 15) is 14.7 Å². The lowest BCUT2D eigenvalue weighted by atomic mass is 9.97. The van der Waals surface area contributed by atoms with Crippen molar-refractivity contribution in [1.29, 1.82) is 0 Å². The van der Waals surface area contributed by atoms with Gasteiger partial charge in [0.15, 0.2) is 6.10 Å². The molecule has 0 saturated carbocycles. The van der Waals surface area contributed by atoms with Crippen LogP contribution in [0.25, 0.3) is 0 Å². The molecule has 0 aliphatic heterocycles. The molecule has 0 aliphatic carbocycles. The van der Waals surface area contributed by atoms with E-state index in [1.165, 1.54) is 77.0 Å². The van der Waals surface area contributed by atoms with E-state index in [-0.39, 0.29) is 12.4 Å². The molecule has 0 bridgehead atoms. The highest BCUT2D eigenvalue weighted by Gasteiger charge is 2.22. The predicted molar refractivity (Wildman–Crippen MR) is 131 cm³/mol. The molecule has 0 aliphatic rings. The fraction of sp³-hybridized carbons (Fsp3) is 0.926. The van der Waals surface area contributed by atoms with Gasteiger partial charge in [0.1, 0.15) is 6.54 Å². The molecule has 0 rings (SSSR count). The van der Waals surface area contributed by atoms with Gasteiger partial charge in [0.25, 0.3) is 0 Å². The molecule has 2 unspecified atom stereocenters. The van der Waals surface area contributed by atoms with E-state index >= 15 is 0 Å². The van der Waals surface area contributed by atoms with Gasteiger partial charge in [0.05, 0.1) is 21.1 Å². The van der Waals surface area contributed by atoms with Crippen LogP contribution < -0.4 is 5.11 Å². The average molecular weight is 456 g/mol. The van der Waals surface area contributed by atoms with Crippen molar-refractivity contribution in [3.63, 3.8) is 0 Å². The number of carboxylic acids is 1. The zero-order chi connectivity index (χ0) is 24.2. The van der Waals surface area contributed by atoms with Crippen molar-refractivity contribution in [2.45, 2.75) is 129 Å². The summed E-state index contributed by atoms with van der Waals surface area (Å²) < 4.78 is 5.94. The molecule has 0 radical (unpaired) electrons. The van der Waals surface area contributed by atoms with Crippen LogP contribution in [0.1, 0.15) is 123 Å². The van der Waals surface area contributed by atoms with Crippen molar-refractivity contribution in [2.75, 3.05) is 27.7 Å². The largest absolute Gasteiger partial charge is 0.550 e. The van der Waals surface area contributed by atoms with Crippen molar-refractivity contribution in [3.8, 4) is 0 Å². The number of rotatable bonds is 22. The van der Waals surface area contributed by atoms with Gasteiger partial charge in [-0.3, -0.25) is 4.79 Å². The molecule has 0 N–H and O–H groups in total. The molecule has 0 heterocycles. The number of esters is 1. The van der Waals surface area contributed by atoms with Crippen LogP contribution in [0.5, 0.6) is 0 Å². The van der Waals surface area contributed by atoms with E-state index in [0.29, 0.717) is 17.4 Å². The van der Waals surface area contributed by atoms with Gasteiger partial charge in [-0.25, -0.2) is 0 Å². The Morgan fingerprint density at radius 3 is 1.72 bits per heavy atom. The third kappa shape index (κ3) is 22.1. The first kappa shape index (κ1) is 30.9. The third-order valence-corrected chi connectivity index (χ3v) is 6.07. The molecule has 32 heavy (non-hydrogen) atoms. The molecule has 5 nitrogen and oxygen atoms in total. The second kappa shape index (κ2) is 19.4. The summed E-state index contributed by atoms with van der Waals surface area (Å²) in [4.78, 5) is 22.9. The molecule has 0 fully saturated rings. The van der Waals surface area contributed by atoms with Crippen molar-refractivity contribution < 1.29 is 23.9 Å². The van der Waals surface area contributed by atoms with Crippen LogP contribution in [-0.4, -0.2) is 50.2 Å². The summed E-state index contributed by atoms with van der Waals surface area (Å²) in [5.41, 5.74) is 0. The Balaban J connectivity index is 3.57. The number of hydrogen-bond acceptors (Lipinski definition) is 4. The van der Waals surface area contributed by atoms with Crippen molar-refractivity contribution in [1.82, 2.24) is 0 Å². The number of carbonyl (C=O) groups excluding carboxylic acids is 2. The van der Waals surface area contributed by atoms with Gasteiger partial charge in [-0.2, -0.15) is 0 Å². The lowest BCUT2D eigenvalue weighted by molar-refractivity contribution is -0.873. The molecule has 0 aromatic heterocycles. The number of aliphatic carboxylic acids is 1. The third-order valence-electron chi connectivity index (χ3n) is 6.07. The Hall–Kier alpha value is -1.10. The topological polar surface area (TPSA) is 66.4 Å². The quantitative estimate of drug-likeness (QED) is 0.120. The first-order valence-electron chi connectivity index (χ1n) is 13.3. The van der Waals surface area contributed by atoms with Crippen molar-refractivity contribution >= 4 is 11.9 Å². The Morgan fingerprint density at radius 2 is 1.25 bits per heavy atom. The van der Waals surface area contributed by atoms with Crippen LogP contribution in [0.2, 0.25) is 0 Å². The summed E-state index contributed by atoms with van der Waals surface area (Å²) in [7, 11) is 5.85. The van der Waals surface area contributed by atoms with Gasteiger partial charge in [-0.15, -0.1) is 0 Å². The molecule has 0 saturated heterocycles. The highest BCUT2D eigenvalue weighted by molar-refractivity contribution is 5.70. The summed E-state index contributed by atoms with van der Waals surface area (Å²) in [6, 6.07) is 0. The Labute approximate surface area is 198 Å². The second-order valence-corrected chi connectivity index (χ2v) is 10.8. The monoisotopic (exact) mass is 455 g/mol. The normalized spacial score (nSPS) is 13.7. The maximum absolute atomic E-state index is 12.0. The van der Waals surface area contributed by atoms with E-state index in [4.69, 9.17) is 4.74 Å². The lowest BCUT2D eigenvalue weighted by Gasteiger charge is -2.29. The van der Waals surface area contributed by atoms with Crippen LogP contribution in [0.3, 0.4) is 0 Å². The van der Waals surface area contributed by atoms with Gasteiger partial charge in [0, 0.05) is 18.8 Å². The molecule has 5 heteroatoms. The van der Waals surface area contributed by atoms with Crippen LogP contribution in [0.15, 0.2) is 0 Å². The van der Waals surface area contributed by atoms with Gasteiger partial charge in [0.2, 0.25) is 0 Å². The summed E-state index contributed by atoms with van der Waals surface area (Å²) in [5.74, 6) is -0.555. The van der Waals surface area contributed by atoms with Gasteiger partial charge in [-0.1, -0.05) is 104 Å². The van der Waals surface area contributed by atoms with E-state index in [1.54, 1.807) is 0 Å². The number of unbranched alkanes of at least 4 members (excludes halogenated alkanes) is 11. The lowest BCUT2D eigenvalue weighted by Crippen LogP contribution is -2.45. The molecule has 0 aromatic rings. The predicted octanol–water partition coefficient (Wildman–Crippen LogP) is 5.64. The SMILES string of the molecule is CCCCC(C)CCCCCCCCCCCCCC(=O)OC(CC(=O)[O-])C[N+](C)(C)C. The number of quaternary nitrogens is 1. The summed E-state index contributed by atoms with van der Waals surface area (Å²) in [6.45, 7) is 5.15. The number of carboxylic acid groups (broad SMARTS) is 1. The average Bonchev–Trinajstić information content (AvgIpc) is 2.67. The molecule has 0 aromatic carbocycles. The first-order valence-corrected chi connectivity index (χ1v) is 13.3. The molecule has 0 amide bonds. The Kier molecular flexibility index (Phi) is 18.7. The zero-order valence-corrected chi connectivity index (χ0v) is 22.0. The van der Waals surface area contributed by atoms with E-state index in [1.807, 2.05) is 21.1 Å². The minimum absolute atomic E-state index is 0.237. The number of likely N-dealkylation sites (N-methyl/N-ethyl adjacent to an activating group) is 1. The summed E-state index contributed by atoms with van der Waals surface area (Å²) >= 11 is 0. The number of hydrogen-bond donors (Lipinski definition) is 0. The fourth-order valence-electron chi connectivity index (χ4n) is 4.24.